The quantitative estimate of drug-likeness (QED) is 0.285. The molecule has 26 heavy (non-hydrogen) atoms. The van der Waals surface area contributed by atoms with Gasteiger partial charge in [0.1, 0.15) is 6.10 Å². The van der Waals surface area contributed by atoms with E-state index < -0.39 is 0 Å². The van der Waals surface area contributed by atoms with Crippen molar-refractivity contribution in [2.45, 2.75) is 59.0 Å². The predicted octanol–water partition coefficient (Wildman–Crippen LogP) is 2.72. The summed E-state index contributed by atoms with van der Waals surface area (Å²) >= 11 is 0. The van der Waals surface area contributed by atoms with Crippen LogP contribution in [0.4, 0.5) is 0 Å². The first-order valence-electron chi connectivity index (χ1n) is 9.77. The summed E-state index contributed by atoms with van der Waals surface area (Å²) in [6, 6.07) is 0. The maximum atomic E-state index is 12.4. The number of carbonyl (C=O) groups excluding carboxylic acids is 1. The molecule has 2 aliphatic heterocycles. The molecule has 2 saturated heterocycles. The summed E-state index contributed by atoms with van der Waals surface area (Å²) in [6.45, 7) is 11.7. The molecule has 1 unspecified atom stereocenters. The van der Waals surface area contributed by atoms with E-state index in [1.807, 2.05) is 11.9 Å². The van der Waals surface area contributed by atoms with Gasteiger partial charge in [0.15, 0.2) is 5.96 Å². The van der Waals surface area contributed by atoms with Crippen molar-refractivity contribution >= 4 is 35.8 Å². The number of carbonyl (C=O) groups is 1. The molecule has 6 nitrogen and oxygen atoms in total. The number of nitrogens with one attached hydrogen (secondary N) is 1. The SMILES string of the molecule is CN=C(NCCCCC(C)(C)C)N1CCN(C(=O)C2CCCO2)CC1.I. The van der Waals surface area contributed by atoms with E-state index in [0.717, 1.165) is 64.6 Å². The third-order valence-electron chi connectivity index (χ3n) is 4.94. The zero-order chi connectivity index (χ0) is 18.3. The molecular formula is C19H37IN4O2. The molecule has 0 bridgehead atoms. The number of aliphatic imine (C=N–C) groups is 1. The lowest BCUT2D eigenvalue weighted by molar-refractivity contribution is -0.142. The summed E-state index contributed by atoms with van der Waals surface area (Å²) < 4.78 is 5.52. The molecule has 0 aliphatic carbocycles. The van der Waals surface area contributed by atoms with E-state index in [2.05, 4.69) is 36.0 Å². The minimum absolute atomic E-state index is 0. The van der Waals surface area contributed by atoms with Crippen LogP contribution >= 0.6 is 24.0 Å². The van der Waals surface area contributed by atoms with Gasteiger partial charge in [-0.2, -0.15) is 0 Å². The minimum Gasteiger partial charge on any atom is -0.368 e. The molecule has 2 fully saturated rings. The second-order valence-corrected chi connectivity index (χ2v) is 8.31. The molecule has 0 spiro atoms. The average Bonchev–Trinajstić information content (AvgIpc) is 3.11. The number of nitrogens with zero attached hydrogens (tertiary/aromatic N) is 3. The molecular weight excluding hydrogens is 443 g/mol. The number of hydrogen-bond acceptors (Lipinski definition) is 3. The minimum atomic E-state index is -0.202. The number of piperazine rings is 1. The standard InChI is InChI=1S/C19H36N4O2.HI/c1-19(2,3)9-5-6-10-21-18(20-4)23-13-11-22(12-14-23)17(24)16-8-7-15-25-16;/h16H,5-15H2,1-4H3,(H,20,21);1H. The molecule has 0 saturated carbocycles. The highest BCUT2D eigenvalue weighted by Crippen LogP contribution is 2.21. The second kappa shape index (κ2) is 11.3. The van der Waals surface area contributed by atoms with Gasteiger partial charge in [-0.3, -0.25) is 9.79 Å². The summed E-state index contributed by atoms with van der Waals surface area (Å²) in [5.74, 6) is 1.13. The molecule has 1 N–H and O–H groups in total. The van der Waals surface area contributed by atoms with E-state index in [-0.39, 0.29) is 36.0 Å². The molecule has 1 atom stereocenters. The second-order valence-electron chi connectivity index (χ2n) is 8.31. The van der Waals surface area contributed by atoms with Gasteiger partial charge in [0.25, 0.3) is 5.91 Å². The maximum Gasteiger partial charge on any atom is 0.251 e. The van der Waals surface area contributed by atoms with E-state index in [0.29, 0.717) is 5.41 Å². The maximum absolute atomic E-state index is 12.4. The van der Waals surface area contributed by atoms with Crippen LogP contribution < -0.4 is 5.32 Å². The first-order chi connectivity index (χ1) is 11.9. The molecule has 152 valence electrons. The number of rotatable bonds is 5. The molecule has 2 heterocycles. The van der Waals surface area contributed by atoms with Crippen LogP contribution in [0.1, 0.15) is 52.9 Å². The number of amides is 1. The highest BCUT2D eigenvalue weighted by atomic mass is 127. The van der Waals surface area contributed by atoms with Crippen LogP contribution in [0.2, 0.25) is 0 Å². The number of halogens is 1. The molecule has 2 aliphatic rings. The smallest absolute Gasteiger partial charge is 0.251 e. The zero-order valence-corrected chi connectivity index (χ0v) is 19.3. The van der Waals surface area contributed by atoms with Crippen molar-refractivity contribution in [2.24, 2.45) is 10.4 Å². The van der Waals surface area contributed by atoms with Gasteiger partial charge in [0, 0.05) is 46.4 Å². The van der Waals surface area contributed by atoms with Crippen molar-refractivity contribution in [1.82, 2.24) is 15.1 Å². The first kappa shape index (κ1) is 23.5. The van der Waals surface area contributed by atoms with E-state index in [9.17, 15) is 4.79 Å². The van der Waals surface area contributed by atoms with E-state index in [1.165, 1.54) is 12.8 Å². The van der Waals surface area contributed by atoms with Crippen LogP contribution in [0.25, 0.3) is 0 Å². The fourth-order valence-corrected chi connectivity index (χ4v) is 3.43. The van der Waals surface area contributed by atoms with Gasteiger partial charge in [-0.25, -0.2) is 0 Å². The predicted molar refractivity (Wildman–Crippen MR) is 117 cm³/mol. The van der Waals surface area contributed by atoms with Crippen molar-refractivity contribution in [3.63, 3.8) is 0 Å². The molecule has 0 aromatic carbocycles. The lowest BCUT2D eigenvalue weighted by Gasteiger charge is -2.37. The fourth-order valence-electron chi connectivity index (χ4n) is 3.43. The van der Waals surface area contributed by atoms with Crippen LogP contribution in [0, 0.1) is 5.41 Å². The van der Waals surface area contributed by atoms with Crippen LogP contribution in [-0.2, 0) is 9.53 Å². The summed E-state index contributed by atoms with van der Waals surface area (Å²) in [4.78, 5) is 21.0. The highest BCUT2D eigenvalue weighted by Gasteiger charge is 2.30. The molecule has 2 rings (SSSR count). The van der Waals surface area contributed by atoms with E-state index in [1.54, 1.807) is 0 Å². The van der Waals surface area contributed by atoms with Crippen molar-refractivity contribution < 1.29 is 9.53 Å². The molecule has 7 heteroatoms. The lowest BCUT2D eigenvalue weighted by atomic mass is 9.90. The summed E-state index contributed by atoms with van der Waals surface area (Å²) in [6.07, 6.45) is 5.31. The Bertz CT molecular complexity index is 451. The normalized spacial score (nSPS) is 21.5. The Hall–Kier alpha value is -0.570. The molecule has 1 amide bonds. The van der Waals surface area contributed by atoms with Crippen LogP contribution in [0.3, 0.4) is 0 Å². The van der Waals surface area contributed by atoms with Gasteiger partial charge in [-0.15, -0.1) is 24.0 Å². The Morgan fingerprint density at radius 1 is 1.15 bits per heavy atom. The van der Waals surface area contributed by atoms with Gasteiger partial charge >= 0.3 is 0 Å². The lowest BCUT2D eigenvalue weighted by Crippen LogP contribution is -2.55. The van der Waals surface area contributed by atoms with Gasteiger partial charge < -0.3 is 19.9 Å². The Morgan fingerprint density at radius 3 is 2.35 bits per heavy atom. The third kappa shape index (κ3) is 7.58. The van der Waals surface area contributed by atoms with E-state index >= 15 is 0 Å². The van der Waals surface area contributed by atoms with Crippen molar-refractivity contribution in [3.8, 4) is 0 Å². The summed E-state index contributed by atoms with van der Waals surface area (Å²) in [5.41, 5.74) is 0.410. The Labute approximate surface area is 176 Å². The first-order valence-corrected chi connectivity index (χ1v) is 9.77. The van der Waals surface area contributed by atoms with Gasteiger partial charge in [-0.1, -0.05) is 27.2 Å². The zero-order valence-electron chi connectivity index (χ0n) is 16.9. The summed E-state index contributed by atoms with van der Waals surface area (Å²) in [7, 11) is 1.83. The molecule has 0 aromatic heterocycles. The monoisotopic (exact) mass is 480 g/mol. The fraction of sp³-hybridized carbons (Fsp3) is 0.895. The van der Waals surface area contributed by atoms with Gasteiger partial charge in [-0.05, 0) is 31.1 Å². The largest absolute Gasteiger partial charge is 0.368 e. The van der Waals surface area contributed by atoms with Crippen molar-refractivity contribution in [3.05, 3.63) is 0 Å². The van der Waals surface area contributed by atoms with Crippen molar-refractivity contribution in [1.29, 1.82) is 0 Å². The number of hydrogen-bond donors (Lipinski definition) is 1. The van der Waals surface area contributed by atoms with Crippen LogP contribution in [-0.4, -0.2) is 74.1 Å². The van der Waals surface area contributed by atoms with Gasteiger partial charge in [0.2, 0.25) is 0 Å². The van der Waals surface area contributed by atoms with Crippen molar-refractivity contribution in [2.75, 3.05) is 46.4 Å². The van der Waals surface area contributed by atoms with Crippen LogP contribution in [0.15, 0.2) is 4.99 Å². The molecule has 0 aromatic rings. The van der Waals surface area contributed by atoms with E-state index in [4.69, 9.17) is 4.74 Å². The Morgan fingerprint density at radius 2 is 1.81 bits per heavy atom. The van der Waals surface area contributed by atoms with Gasteiger partial charge in [0.05, 0.1) is 0 Å². The average molecular weight is 480 g/mol. The summed E-state index contributed by atoms with van der Waals surface area (Å²) in [5, 5.41) is 3.47. The Balaban J connectivity index is 0.00000338. The Kier molecular flexibility index (Phi) is 10.2. The number of unbranched alkanes of at least 4 members (excludes halogenated alkanes) is 1. The molecule has 0 radical (unpaired) electrons. The topological polar surface area (TPSA) is 57.2 Å². The van der Waals surface area contributed by atoms with Crippen LogP contribution in [0.5, 0.6) is 0 Å². The number of ether oxygens (including phenoxy) is 1. The third-order valence-corrected chi connectivity index (χ3v) is 4.94. The number of guanidine groups is 1. The highest BCUT2D eigenvalue weighted by molar-refractivity contribution is 14.0.